The first-order chi connectivity index (χ1) is 12.3. The van der Waals surface area contributed by atoms with E-state index in [1.807, 2.05) is 17.5 Å². The first-order valence-corrected chi connectivity index (χ1v) is 8.85. The first kappa shape index (κ1) is 15.9. The molecule has 25 heavy (non-hydrogen) atoms. The molecule has 0 spiro atoms. The zero-order valence-electron chi connectivity index (χ0n) is 13.3. The standard InChI is InChI=1S/C15H16N6O3S/c22-14(11-3-1-7-23-11)16-5-6-21-9-10(18-20-21)15-17-13(19-24-15)12-4-2-8-25-12/h2,4,8-9,11H,1,3,5-7H2,(H,16,22)/t11-/m0/s1. The molecule has 1 amide bonds. The molecule has 0 bridgehead atoms. The molecule has 1 aliphatic rings. The average Bonchev–Trinajstić information content (AvgIpc) is 3.42. The van der Waals surface area contributed by atoms with Gasteiger partial charge in [0.05, 0.1) is 17.6 Å². The molecular formula is C15H16N6O3S. The van der Waals surface area contributed by atoms with E-state index in [4.69, 9.17) is 9.26 Å². The van der Waals surface area contributed by atoms with Gasteiger partial charge in [0.15, 0.2) is 5.69 Å². The molecule has 0 radical (unpaired) electrons. The summed E-state index contributed by atoms with van der Waals surface area (Å²) in [6.07, 6.45) is 3.11. The summed E-state index contributed by atoms with van der Waals surface area (Å²) in [6.45, 7) is 1.60. The van der Waals surface area contributed by atoms with Gasteiger partial charge in [-0.05, 0) is 24.3 Å². The number of hydrogen-bond donors (Lipinski definition) is 1. The van der Waals surface area contributed by atoms with E-state index < -0.39 is 0 Å². The maximum absolute atomic E-state index is 11.9. The van der Waals surface area contributed by atoms with E-state index in [9.17, 15) is 4.79 Å². The Bertz CT molecular complexity index is 837. The number of hydrogen-bond acceptors (Lipinski definition) is 8. The minimum Gasteiger partial charge on any atom is -0.368 e. The second kappa shape index (κ2) is 7.11. The molecule has 4 heterocycles. The molecule has 1 aliphatic heterocycles. The van der Waals surface area contributed by atoms with Gasteiger partial charge in [-0.1, -0.05) is 16.4 Å². The van der Waals surface area contributed by atoms with Gasteiger partial charge in [0.25, 0.3) is 5.89 Å². The molecule has 0 aromatic carbocycles. The fourth-order valence-electron chi connectivity index (χ4n) is 2.53. The Morgan fingerprint density at radius 2 is 2.44 bits per heavy atom. The molecular weight excluding hydrogens is 344 g/mol. The Hall–Kier alpha value is -2.59. The summed E-state index contributed by atoms with van der Waals surface area (Å²) in [5.41, 5.74) is 0.501. The number of carbonyl (C=O) groups excluding carboxylic acids is 1. The van der Waals surface area contributed by atoms with E-state index in [1.165, 1.54) is 11.3 Å². The van der Waals surface area contributed by atoms with Crippen LogP contribution in [0, 0.1) is 0 Å². The Morgan fingerprint density at radius 1 is 1.48 bits per heavy atom. The lowest BCUT2D eigenvalue weighted by molar-refractivity contribution is -0.130. The third kappa shape index (κ3) is 3.59. The van der Waals surface area contributed by atoms with Crippen LogP contribution < -0.4 is 5.32 Å². The van der Waals surface area contributed by atoms with Gasteiger partial charge in [-0.25, -0.2) is 4.68 Å². The summed E-state index contributed by atoms with van der Waals surface area (Å²) in [7, 11) is 0. The highest BCUT2D eigenvalue weighted by Crippen LogP contribution is 2.24. The van der Waals surface area contributed by atoms with Crippen LogP contribution in [0.5, 0.6) is 0 Å². The van der Waals surface area contributed by atoms with Crippen molar-refractivity contribution in [3.63, 3.8) is 0 Å². The highest BCUT2D eigenvalue weighted by molar-refractivity contribution is 7.13. The Kier molecular flexibility index (Phi) is 4.53. The second-order valence-electron chi connectivity index (χ2n) is 5.56. The fourth-order valence-corrected chi connectivity index (χ4v) is 3.18. The summed E-state index contributed by atoms with van der Waals surface area (Å²) in [5.74, 6) is 0.775. The molecule has 1 N–H and O–H groups in total. The van der Waals surface area contributed by atoms with Gasteiger partial charge in [-0.15, -0.1) is 16.4 Å². The Balaban J connectivity index is 1.33. The van der Waals surface area contributed by atoms with Crippen LogP contribution in [0.1, 0.15) is 12.8 Å². The summed E-state index contributed by atoms with van der Waals surface area (Å²) >= 11 is 1.54. The average molecular weight is 360 g/mol. The van der Waals surface area contributed by atoms with Gasteiger partial charge in [0.2, 0.25) is 11.7 Å². The monoisotopic (exact) mass is 360 g/mol. The number of nitrogens with one attached hydrogen (secondary N) is 1. The highest BCUT2D eigenvalue weighted by Gasteiger charge is 2.23. The number of thiophene rings is 1. The highest BCUT2D eigenvalue weighted by atomic mass is 32.1. The molecule has 1 saturated heterocycles. The number of aromatic nitrogens is 5. The fraction of sp³-hybridized carbons (Fsp3) is 0.400. The van der Waals surface area contributed by atoms with Gasteiger partial charge in [-0.3, -0.25) is 4.79 Å². The lowest BCUT2D eigenvalue weighted by atomic mass is 10.2. The first-order valence-electron chi connectivity index (χ1n) is 7.97. The molecule has 3 aromatic rings. The van der Waals surface area contributed by atoms with Gasteiger partial charge in [0.1, 0.15) is 6.10 Å². The topological polar surface area (TPSA) is 108 Å². The van der Waals surface area contributed by atoms with Crippen molar-refractivity contribution < 1.29 is 14.1 Å². The van der Waals surface area contributed by atoms with E-state index in [1.54, 1.807) is 10.9 Å². The number of nitrogens with zero attached hydrogens (tertiary/aromatic N) is 5. The predicted octanol–water partition coefficient (Wildman–Crippen LogP) is 1.35. The van der Waals surface area contributed by atoms with Crippen LogP contribution in [0.2, 0.25) is 0 Å². The molecule has 1 atom stereocenters. The van der Waals surface area contributed by atoms with E-state index in [2.05, 4.69) is 25.8 Å². The van der Waals surface area contributed by atoms with Gasteiger partial charge in [-0.2, -0.15) is 4.98 Å². The van der Waals surface area contributed by atoms with Crippen molar-refractivity contribution in [3.05, 3.63) is 23.7 Å². The number of carbonyl (C=O) groups is 1. The number of ether oxygens (including phenoxy) is 1. The Morgan fingerprint density at radius 3 is 3.24 bits per heavy atom. The molecule has 9 nitrogen and oxygen atoms in total. The molecule has 10 heteroatoms. The van der Waals surface area contributed by atoms with Crippen LogP contribution in [0.4, 0.5) is 0 Å². The zero-order valence-corrected chi connectivity index (χ0v) is 14.1. The molecule has 4 rings (SSSR count). The van der Waals surface area contributed by atoms with E-state index in [0.717, 1.165) is 17.7 Å². The summed E-state index contributed by atoms with van der Waals surface area (Å²) in [5, 5.41) is 16.8. The van der Waals surface area contributed by atoms with Crippen molar-refractivity contribution in [1.82, 2.24) is 30.5 Å². The van der Waals surface area contributed by atoms with Gasteiger partial charge in [0, 0.05) is 13.2 Å². The molecule has 0 unspecified atom stereocenters. The largest absolute Gasteiger partial charge is 0.368 e. The van der Waals surface area contributed by atoms with E-state index in [0.29, 0.717) is 37.1 Å². The van der Waals surface area contributed by atoms with Crippen LogP contribution in [0.25, 0.3) is 22.3 Å². The third-order valence-electron chi connectivity index (χ3n) is 3.79. The Labute approximate surface area is 147 Å². The molecule has 0 aliphatic carbocycles. The summed E-state index contributed by atoms with van der Waals surface area (Å²) < 4.78 is 12.2. The quantitative estimate of drug-likeness (QED) is 0.707. The van der Waals surface area contributed by atoms with Crippen LogP contribution in [0.3, 0.4) is 0 Å². The van der Waals surface area contributed by atoms with Crippen molar-refractivity contribution in [2.75, 3.05) is 13.2 Å². The van der Waals surface area contributed by atoms with Crippen molar-refractivity contribution in [3.8, 4) is 22.3 Å². The molecule has 3 aromatic heterocycles. The van der Waals surface area contributed by atoms with Crippen LogP contribution >= 0.6 is 11.3 Å². The number of amides is 1. The third-order valence-corrected chi connectivity index (χ3v) is 4.65. The number of rotatable bonds is 6. The molecule has 0 saturated carbocycles. The predicted molar refractivity (Wildman–Crippen MR) is 88.6 cm³/mol. The van der Waals surface area contributed by atoms with Crippen molar-refractivity contribution in [2.24, 2.45) is 0 Å². The zero-order chi connectivity index (χ0) is 17.1. The maximum atomic E-state index is 11.9. The van der Waals surface area contributed by atoms with Gasteiger partial charge < -0.3 is 14.6 Å². The van der Waals surface area contributed by atoms with E-state index >= 15 is 0 Å². The summed E-state index contributed by atoms with van der Waals surface area (Å²) in [6, 6.07) is 3.85. The maximum Gasteiger partial charge on any atom is 0.280 e. The normalized spacial score (nSPS) is 17.0. The molecule has 130 valence electrons. The van der Waals surface area contributed by atoms with Crippen LogP contribution in [-0.2, 0) is 16.1 Å². The SMILES string of the molecule is O=C(NCCn1cc(-c2nc(-c3cccs3)no2)nn1)[C@@H]1CCCO1. The van der Waals surface area contributed by atoms with Crippen molar-refractivity contribution in [2.45, 2.75) is 25.5 Å². The minimum absolute atomic E-state index is 0.0738. The van der Waals surface area contributed by atoms with Crippen molar-refractivity contribution >= 4 is 17.2 Å². The lowest BCUT2D eigenvalue weighted by Crippen LogP contribution is -2.36. The second-order valence-corrected chi connectivity index (χ2v) is 6.51. The van der Waals surface area contributed by atoms with Crippen molar-refractivity contribution in [1.29, 1.82) is 0 Å². The van der Waals surface area contributed by atoms with Crippen LogP contribution in [-0.4, -0.2) is 50.3 Å². The summed E-state index contributed by atoms with van der Waals surface area (Å²) in [4.78, 5) is 17.1. The lowest BCUT2D eigenvalue weighted by Gasteiger charge is -2.09. The smallest absolute Gasteiger partial charge is 0.280 e. The van der Waals surface area contributed by atoms with Crippen LogP contribution in [0.15, 0.2) is 28.2 Å². The van der Waals surface area contributed by atoms with Gasteiger partial charge >= 0.3 is 0 Å². The minimum atomic E-state index is -0.319. The molecule has 1 fully saturated rings. The van der Waals surface area contributed by atoms with E-state index in [-0.39, 0.29) is 12.0 Å².